The zero-order valence-electron chi connectivity index (χ0n) is 17.0. The number of fused-ring (bicyclic) bond motifs is 1. The number of aromatic nitrogens is 1. The molecule has 0 bridgehead atoms. The minimum absolute atomic E-state index is 0.311. The zero-order valence-corrected chi connectivity index (χ0v) is 17.0. The van der Waals surface area contributed by atoms with Crippen molar-refractivity contribution >= 4 is 23.0 Å². The first-order chi connectivity index (χ1) is 14.7. The largest absolute Gasteiger partial charge is 0.496 e. The maximum atomic E-state index is 12.5. The lowest BCUT2D eigenvalue weighted by atomic mass is 10.1. The van der Waals surface area contributed by atoms with Crippen LogP contribution in [0.3, 0.4) is 0 Å². The number of nitrogens with zero attached hydrogens (tertiary/aromatic N) is 2. The summed E-state index contributed by atoms with van der Waals surface area (Å²) in [6.45, 7) is 2.85. The second kappa shape index (κ2) is 8.66. The quantitative estimate of drug-likeness (QED) is 0.376. The Hall–Kier alpha value is -3.86. The van der Waals surface area contributed by atoms with Crippen molar-refractivity contribution in [1.29, 1.82) is 0 Å². The molecule has 0 aliphatic heterocycles. The number of rotatable bonds is 6. The highest BCUT2D eigenvalue weighted by molar-refractivity contribution is 6.02. The van der Waals surface area contributed by atoms with Crippen LogP contribution in [0.2, 0.25) is 0 Å². The minimum atomic E-state index is -0.311. The summed E-state index contributed by atoms with van der Waals surface area (Å²) < 4.78 is 7.52. The van der Waals surface area contributed by atoms with Gasteiger partial charge in [0.25, 0.3) is 5.91 Å². The molecule has 3 aromatic carbocycles. The molecule has 0 fully saturated rings. The maximum absolute atomic E-state index is 12.5. The molecule has 30 heavy (non-hydrogen) atoms. The third-order valence-electron chi connectivity index (χ3n) is 5.17. The van der Waals surface area contributed by atoms with Crippen molar-refractivity contribution in [2.24, 2.45) is 5.10 Å². The van der Waals surface area contributed by atoms with Gasteiger partial charge in [0, 0.05) is 28.7 Å². The maximum Gasteiger partial charge on any atom is 0.275 e. The standard InChI is InChI=1S/C25H23N3O2/c1-18-22(16-26-27-25(29)21-13-7-9-15-24(21)30-2)20-12-6-8-14-23(20)28(18)17-19-10-4-3-5-11-19/h3-16H,17H2,1-2H3,(H,27,29)/b26-16-. The van der Waals surface area contributed by atoms with E-state index in [0.29, 0.717) is 11.3 Å². The van der Waals surface area contributed by atoms with Gasteiger partial charge >= 0.3 is 0 Å². The fourth-order valence-electron chi connectivity index (χ4n) is 3.64. The lowest BCUT2D eigenvalue weighted by molar-refractivity contribution is 0.0952. The summed E-state index contributed by atoms with van der Waals surface area (Å²) in [4.78, 5) is 12.5. The molecule has 0 saturated carbocycles. The molecule has 5 heteroatoms. The number of nitrogens with one attached hydrogen (secondary N) is 1. The predicted molar refractivity (Wildman–Crippen MR) is 120 cm³/mol. The summed E-state index contributed by atoms with van der Waals surface area (Å²) in [7, 11) is 1.54. The Balaban J connectivity index is 1.63. The first-order valence-electron chi connectivity index (χ1n) is 9.77. The molecular formula is C25H23N3O2. The molecule has 0 saturated heterocycles. The third-order valence-corrected chi connectivity index (χ3v) is 5.17. The van der Waals surface area contributed by atoms with Crippen LogP contribution in [0, 0.1) is 6.92 Å². The molecule has 4 aromatic rings. The van der Waals surface area contributed by atoms with Gasteiger partial charge in [-0.1, -0.05) is 60.7 Å². The van der Waals surface area contributed by atoms with Gasteiger partial charge in [-0.15, -0.1) is 0 Å². The topological polar surface area (TPSA) is 55.6 Å². The van der Waals surface area contributed by atoms with E-state index in [1.165, 1.54) is 5.56 Å². The van der Waals surface area contributed by atoms with Gasteiger partial charge in [0.05, 0.1) is 18.9 Å². The Morgan fingerprint density at radius 1 is 1.00 bits per heavy atom. The van der Waals surface area contributed by atoms with Crippen LogP contribution in [0.25, 0.3) is 10.9 Å². The molecule has 0 aliphatic carbocycles. The molecule has 0 radical (unpaired) electrons. The van der Waals surface area contributed by atoms with Crippen LogP contribution < -0.4 is 10.2 Å². The molecule has 1 amide bonds. The number of carbonyl (C=O) groups excluding carboxylic acids is 1. The van der Waals surface area contributed by atoms with Gasteiger partial charge in [0.15, 0.2) is 0 Å². The van der Waals surface area contributed by atoms with Crippen LogP contribution in [0.1, 0.15) is 27.2 Å². The van der Waals surface area contributed by atoms with E-state index in [9.17, 15) is 4.79 Å². The van der Waals surface area contributed by atoms with Crippen molar-refractivity contribution in [1.82, 2.24) is 9.99 Å². The van der Waals surface area contributed by atoms with E-state index < -0.39 is 0 Å². The molecule has 1 aromatic heterocycles. The number of methoxy groups -OCH3 is 1. The van der Waals surface area contributed by atoms with Crippen LogP contribution in [-0.2, 0) is 6.54 Å². The highest BCUT2D eigenvalue weighted by Gasteiger charge is 2.14. The van der Waals surface area contributed by atoms with Gasteiger partial charge in [0.1, 0.15) is 5.75 Å². The Morgan fingerprint density at radius 3 is 2.50 bits per heavy atom. The summed E-state index contributed by atoms with van der Waals surface area (Å²) in [5.41, 5.74) is 7.51. The molecular weight excluding hydrogens is 374 g/mol. The molecule has 0 aliphatic rings. The smallest absolute Gasteiger partial charge is 0.275 e. The van der Waals surface area contributed by atoms with E-state index in [2.05, 4.69) is 46.3 Å². The number of hydrogen-bond donors (Lipinski definition) is 1. The highest BCUT2D eigenvalue weighted by atomic mass is 16.5. The molecule has 5 nitrogen and oxygen atoms in total. The van der Waals surface area contributed by atoms with Gasteiger partial charge < -0.3 is 9.30 Å². The first-order valence-corrected chi connectivity index (χ1v) is 9.77. The number of amides is 1. The monoisotopic (exact) mass is 397 g/mol. The highest BCUT2D eigenvalue weighted by Crippen LogP contribution is 2.25. The van der Waals surface area contributed by atoms with E-state index in [1.807, 2.05) is 36.4 Å². The summed E-state index contributed by atoms with van der Waals surface area (Å²) in [5.74, 6) is 0.204. The van der Waals surface area contributed by atoms with Crippen LogP contribution in [-0.4, -0.2) is 23.8 Å². The third kappa shape index (κ3) is 3.82. The number of para-hydroxylation sites is 2. The number of hydrazone groups is 1. The van der Waals surface area contributed by atoms with Crippen molar-refractivity contribution in [3.63, 3.8) is 0 Å². The Morgan fingerprint density at radius 2 is 1.70 bits per heavy atom. The lowest BCUT2D eigenvalue weighted by Crippen LogP contribution is -2.18. The Kier molecular flexibility index (Phi) is 5.61. The van der Waals surface area contributed by atoms with Crippen molar-refractivity contribution in [3.8, 4) is 5.75 Å². The Labute approximate surface area is 175 Å². The van der Waals surface area contributed by atoms with Gasteiger partial charge in [-0.2, -0.15) is 5.10 Å². The fourth-order valence-corrected chi connectivity index (χ4v) is 3.64. The normalized spacial score (nSPS) is 11.1. The van der Waals surface area contributed by atoms with Crippen molar-refractivity contribution in [2.45, 2.75) is 13.5 Å². The van der Waals surface area contributed by atoms with E-state index in [1.54, 1.807) is 31.5 Å². The summed E-state index contributed by atoms with van der Waals surface area (Å²) in [6.07, 6.45) is 1.71. The summed E-state index contributed by atoms with van der Waals surface area (Å²) in [6, 6.07) is 25.7. The summed E-state index contributed by atoms with van der Waals surface area (Å²) in [5, 5.41) is 5.33. The molecule has 0 unspecified atom stereocenters. The molecule has 0 spiro atoms. The van der Waals surface area contributed by atoms with Crippen LogP contribution in [0.5, 0.6) is 5.75 Å². The lowest BCUT2D eigenvalue weighted by Gasteiger charge is -2.08. The molecule has 0 atom stereocenters. The number of hydrogen-bond acceptors (Lipinski definition) is 3. The summed E-state index contributed by atoms with van der Waals surface area (Å²) >= 11 is 0. The Bertz CT molecular complexity index is 1210. The van der Waals surface area contributed by atoms with Crippen LogP contribution in [0.4, 0.5) is 0 Å². The predicted octanol–water partition coefficient (Wildman–Crippen LogP) is 4.77. The molecule has 150 valence electrons. The van der Waals surface area contributed by atoms with Crippen LogP contribution in [0.15, 0.2) is 84.0 Å². The number of benzene rings is 3. The SMILES string of the molecule is COc1ccccc1C(=O)N/N=C\c1c(C)n(Cc2ccccc2)c2ccccc12. The minimum Gasteiger partial charge on any atom is -0.496 e. The van der Waals surface area contributed by atoms with Gasteiger partial charge in [0.2, 0.25) is 0 Å². The first kappa shape index (κ1) is 19.5. The average Bonchev–Trinajstić information content (AvgIpc) is 3.05. The van der Waals surface area contributed by atoms with Crippen molar-refractivity contribution in [3.05, 3.63) is 101 Å². The second-order valence-corrected chi connectivity index (χ2v) is 6.99. The second-order valence-electron chi connectivity index (χ2n) is 6.99. The van der Waals surface area contributed by atoms with Crippen molar-refractivity contribution in [2.75, 3.05) is 7.11 Å². The fraction of sp³-hybridized carbons (Fsp3) is 0.120. The average molecular weight is 397 g/mol. The van der Waals surface area contributed by atoms with E-state index in [-0.39, 0.29) is 5.91 Å². The van der Waals surface area contributed by atoms with E-state index >= 15 is 0 Å². The van der Waals surface area contributed by atoms with Crippen molar-refractivity contribution < 1.29 is 9.53 Å². The van der Waals surface area contributed by atoms with E-state index in [0.717, 1.165) is 28.7 Å². The van der Waals surface area contributed by atoms with Gasteiger partial charge in [-0.3, -0.25) is 4.79 Å². The molecule has 4 rings (SSSR count). The molecule has 1 N–H and O–H groups in total. The number of ether oxygens (including phenoxy) is 1. The molecule has 1 heterocycles. The van der Waals surface area contributed by atoms with E-state index in [4.69, 9.17) is 4.74 Å². The zero-order chi connectivity index (χ0) is 20.9. The number of carbonyl (C=O) groups is 1. The van der Waals surface area contributed by atoms with Crippen LogP contribution >= 0.6 is 0 Å². The van der Waals surface area contributed by atoms with Gasteiger partial charge in [-0.05, 0) is 30.7 Å². The van der Waals surface area contributed by atoms with Gasteiger partial charge in [-0.25, -0.2) is 5.43 Å².